The topological polar surface area (TPSA) is 72.9 Å². The van der Waals surface area contributed by atoms with Gasteiger partial charge in [0.2, 0.25) is 0 Å². The number of hydrogen-bond acceptors (Lipinski definition) is 3. The SMILES string of the molecule is CCCCCCC(C)NC(=O)c1nn(C)cc1N. The van der Waals surface area contributed by atoms with Crippen LogP contribution in [0.5, 0.6) is 0 Å². The van der Waals surface area contributed by atoms with Crippen LogP contribution in [0.3, 0.4) is 0 Å². The van der Waals surface area contributed by atoms with Crippen molar-refractivity contribution in [3.8, 4) is 0 Å². The van der Waals surface area contributed by atoms with Crippen LogP contribution >= 0.6 is 0 Å². The van der Waals surface area contributed by atoms with Gasteiger partial charge in [-0.05, 0) is 13.3 Å². The van der Waals surface area contributed by atoms with Gasteiger partial charge in [-0.25, -0.2) is 0 Å². The van der Waals surface area contributed by atoms with Gasteiger partial charge in [0.05, 0.1) is 5.69 Å². The minimum Gasteiger partial charge on any atom is -0.396 e. The number of unbranched alkanes of at least 4 members (excludes halogenated alkanes) is 3. The molecule has 102 valence electrons. The van der Waals surface area contributed by atoms with E-state index in [9.17, 15) is 4.79 Å². The summed E-state index contributed by atoms with van der Waals surface area (Å²) in [6.07, 6.45) is 7.49. The zero-order chi connectivity index (χ0) is 13.5. The maximum Gasteiger partial charge on any atom is 0.274 e. The molecule has 0 aliphatic carbocycles. The number of anilines is 1. The Labute approximate surface area is 109 Å². The number of nitrogens with zero attached hydrogens (tertiary/aromatic N) is 2. The molecule has 0 radical (unpaired) electrons. The van der Waals surface area contributed by atoms with E-state index in [0.717, 1.165) is 12.8 Å². The fraction of sp³-hybridized carbons (Fsp3) is 0.692. The summed E-state index contributed by atoms with van der Waals surface area (Å²) in [5.74, 6) is -0.184. The van der Waals surface area contributed by atoms with E-state index in [-0.39, 0.29) is 11.9 Å². The number of aryl methyl sites for hydroxylation is 1. The Bertz CT molecular complexity index is 386. The first-order chi connectivity index (χ1) is 8.54. The van der Waals surface area contributed by atoms with Crippen LogP contribution in [-0.4, -0.2) is 21.7 Å². The first kappa shape index (κ1) is 14.5. The Morgan fingerprint density at radius 2 is 2.22 bits per heavy atom. The van der Waals surface area contributed by atoms with Crippen molar-refractivity contribution in [1.82, 2.24) is 15.1 Å². The van der Waals surface area contributed by atoms with Gasteiger partial charge in [-0.1, -0.05) is 32.6 Å². The van der Waals surface area contributed by atoms with Crippen LogP contribution in [0.15, 0.2) is 6.20 Å². The lowest BCUT2D eigenvalue weighted by atomic mass is 10.1. The number of carbonyl (C=O) groups excluding carboxylic acids is 1. The lowest BCUT2D eigenvalue weighted by Crippen LogP contribution is -2.33. The van der Waals surface area contributed by atoms with Crippen molar-refractivity contribution in [2.24, 2.45) is 7.05 Å². The first-order valence-corrected chi connectivity index (χ1v) is 6.64. The molecule has 5 nitrogen and oxygen atoms in total. The first-order valence-electron chi connectivity index (χ1n) is 6.64. The van der Waals surface area contributed by atoms with Crippen LogP contribution < -0.4 is 11.1 Å². The second kappa shape index (κ2) is 7.03. The predicted octanol–water partition coefficient (Wildman–Crippen LogP) is 2.09. The van der Waals surface area contributed by atoms with Crippen LogP contribution in [-0.2, 0) is 7.05 Å². The molecule has 1 amide bonds. The molecule has 0 aliphatic rings. The average Bonchev–Trinajstić information content (AvgIpc) is 2.64. The molecule has 0 aromatic carbocycles. The monoisotopic (exact) mass is 252 g/mol. The lowest BCUT2D eigenvalue weighted by molar-refractivity contribution is 0.0933. The van der Waals surface area contributed by atoms with Crippen LogP contribution in [0.2, 0.25) is 0 Å². The molecule has 0 bridgehead atoms. The standard InChI is InChI=1S/C13H24N4O/c1-4-5-6-7-8-10(2)15-13(18)12-11(14)9-17(3)16-12/h9-10H,4-8,14H2,1-3H3,(H,15,18). The molecule has 0 spiro atoms. The smallest absolute Gasteiger partial charge is 0.274 e. The summed E-state index contributed by atoms with van der Waals surface area (Å²) in [5.41, 5.74) is 6.46. The summed E-state index contributed by atoms with van der Waals surface area (Å²) < 4.78 is 1.55. The van der Waals surface area contributed by atoms with Gasteiger partial charge in [0.15, 0.2) is 5.69 Å². The van der Waals surface area contributed by atoms with Crippen molar-refractivity contribution in [3.63, 3.8) is 0 Å². The lowest BCUT2D eigenvalue weighted by Gasteiger charge is -2.12. The number of nitrogen functional groups attached to an aromatic ring is 1. The summed E-state index contributed by atoms with van der Waals surface area (Å²) in [6.45, 7) is 4.21. The third-order valence-corrected chi connectivity index (χ3v) is 2.94. The zero-order valence-corrected chi connectivity index (χ0v) is 11.6. The highest BCUT2D eigenvalue weighted by Crippen LogP contribution is 2.09. The molecule has 1 aromatic heterocycles. The van der Waals surface area contributed by atoms with Crippen molar-refractivity contribution in [2.75, 3.05) is 5.73 Å². The molecule has 1 unspecified atom stereocenters. The van der Waals surface area contributed by atoms with E-state index in [1.165, 1.54) is 19.3 Å². The third kappa shape index (κ3) is 4.39. The van der Waals surface area contributed by atoms with Crippen molar-refractivity contribution >= 4 is 11.6 Å². The van der Waals surface area contributed by atoms with Gasteiger partial charge in [0.25, 0.3) is 5.91 Å². The highest BCUT2D eigenvalue weighted by Gasteiger charge is 2.15. The number of aromatic nitrogens is 2. The molecule has 5 heteroatoms. The van der Waals surface area contributed by atoms with E-state index in [2.05, 4.69) is 17.3 Å². The van der Waals surface area contributed by atoms with E-state index in [1.54, 1.807) is 17.9 Å². The molecule has 1 atom stereocenters. The zero-order valence-electron chi connectivity index (χ0n) is 11.6. The van der Waals surface area contributed by atoms with Gasteiger partial charge < -0.3 is 11.1 Å². The number of nitrogens with two attached hydrogens (primary N) is 1. The Kier molecular flexibility index (Phi) is 5.68. The Morgan fingerprint density at radius 1 is 1.50 bits per heavy atom. The van der Waals surface area contributed by atoms with Crippen molar-refractivity contribution in [3.05, 3.63) is 11.9 Å². The highest BCUT2D eigenvalue weighted by molar-refractivity contribution is 5.97. The van der Waals surface area contributed by atoms with E-state index in [4.69, 9.17) is 5.73 Å². The Balaban J connectivity index is 2.37. The molecule has 18 heavy (non-hydrogen) atoms. The summed E-state index contributed by atoms with van der Waals surface area (Å²) in [5, 5.41) is 6.99. The molecule has 0 saturated heterocycles. The largest absolute Gasteiger partial charge is 0.396 e. The molecular formula is C13H24N4O. The molecule has 1 heterocycles. The maximum atomic E-state index is 11.9. The fourth-order valence-corrected chi connectivity index (χ4v) is 1.92. The number of amides is 1. The second-order valence-electron chi connectivity index (χ2n) is 4.83. The number of carbonyl (C=O) groups is 1. The molecular weight excluding hydrogens is 228 g/mol. The Hall–Kier alpha value is -1.52. The van der Waals surface area contributed by atoms with Crippen molar-refractivity contribution < 1.29 is 4.79 Å². The van der Waals surface area contributed by atoms with Crippen LogP contribution in [0, 0.1) is 0 Å². The van der Waals surface area contributed by atoms with Gasteiger partial charge in [0.1, 0.15) is 0 Å². The fourth-order valence-electron chi connectivity index (χ4n) is 1.92. The highest BCUT2D eigenvalue weighted by atomic mass is 16.2. The van der Waals surface area contributed by atoms with Gasteiger partial charge in [-0.3, -0.25) is 9.48 Å². The molecule has 0 fully saturated rings. The molecule has 1 rings (SSSR count). The average molecular weight is 252 g/mol. The molecule has 3 N–H and O–H groups in total. The van der Waals surface area contributed by atoms with Crippen LogP contribution in [0.1, 0.15) is 56.4 Å². The summed E-state index contributed by atoms with van der Waals surface area (Å²) in [6, 6.07) is 0.163. The van der Waals surface area contributed by atoms with Crippen LogP contribution in [0.4, 0.5) is 5.69 Å². The van der Waals surface area contributed by atoms with Crippen molar-refractivity contribution in [2.45, 2.75) is 52.0 Å². The van der Waals surface area contributed by atoms with Crippen molar-refractivity contribution in [1.29, 1.82) is 0 Å². The van der Waals surface area contributed by atoms with Gasteiger partial charge in [-0.15, -0.1) is 0 Å². The molecule has 1 aromatic rings. The normalized spacial score (nSPS) is 12.4. The van der Waals surface area contributed by atoms with E-state index in [0.29, 0.717) is 11.4 Å². The number of rotatable bonds is 7. The Morgan fingerprint density at radius 3 is 2.78 bits per heavy atom. The quantitative estimate of drug-likeness (QED) is 0.730. The predicted molar refractivity (Wildman–Crippen MR) is 73.3 cm³/mol. The minimum atomic E-state index is -0.184. The van der Waals surface area contributed by atoms with E-state index >= 15 is 0 Å². The number of hydrogen-bond donors (Lipinski definition) is 2. The third-order valence-electron chi connectivity index (χ3n) is 2.94. The van der Waals surface area contributed by atoms with E-state index < -0.39 is 0 Å². The maximum absolute atomic E-state index is 11.9. The van der Waals surface area contributed by atoms with E-state index in [1.807, 2.05) is 6.92 Å². The second-order valence-corrected chi connectivity index (χ2v) is 4.83. The molecule has 0 aliphatic heterocycles. The molecule has 0 saturated carbocycles. The minimum absolute atomic E-state index is 0.163. The summed E-state index contributed by atoms with van der Waals surface area (Å²) >= 11 is 0. The summed E-state index contributed by atoms with van der Waals surface area (Å²) in [4.78, 5) is 11.9. The van der Waals surface area contributed by atoms with Gasteiger partial charge >= 0.3 is 0 Å². The summed E-state index contributed by atoms with van der Waals surface area (Å²) in [7, 11) is 1.75. The number of nitrogens with one attached hydrogen (secondary N) is 1. The van der Waals surface area contributed by atoms with Gasteiger partial charge in [-0.2, -0.15) is 5.10 Å². The van der Waals surface area contributed by atoms with Gasteiger partial charge in [0, 0.05) is 19.3 Å². The van der Waals surface area contributed by atoms with Crippen LogP contribution in [0.25, 0.3) is 0 Å².